The van der Waals surface area contributed by atoms with E-state index in [0.29, 0.717) is 10.8 Å². The monoisotopic (exact) mass is 357 g/mol. The number of carbonyl (C=O) groups excluding carboxylic acids is 1. The van der Waals surface area contributed by atoms with E-state index in [2.05, 4.69) is 10.5 Å². The van der Waals surface area contributed by atoms with Crippen LogP contribution in [0.2, 0.25) is 10.0 Å². The van der Waals surface area contributed by atoms with Gasteiger partial charge in [0.1, 0.15) is 10.7 Å². The normalized spacial score (nSPS) is 10.7. The van der Waals surface area contributed by atoms with Crippen LogP contribution in [0.5, 0.6) is 5.75 Å². The number of hydrogen-bond acceptors (Lipinski definition) is 6. The van der Waals surface area contributed by atoms with Crippen molar-refractivity contribution in [3.05, 3.63) is 56.3 Å². The van der Waals surface area contributed by atoms with Crippen LogP contribution in [-0.4, -0.2) is 23.7 Å². The van der Waals surface area contributed by atoms with Gasteiger partial charge < -0.3 is 9.15 Å². The van der Waals surface area contributed by atoms with Gasteiger partial charge in [0.2, 0.25) is 0 Å². The molecule has 1 amide bonds. The number of halogens is 2. The summed E-state index contributed by atoms with van der Waals surface area (Å²) in [6.07, 6.45) is 1.13. The summed E-state index contributed by atoms with van der Waals surface area (Å²) in [4.78, 5) is 21.3. The van der Waals surface area contributed by atoms with Gasteiger partial charge in [-0.3, -0.25) is 14.9 Å². The predicted molar refractivity (Wildman–Crippen MR) is 83.1 cm³/mol. The zero-order valence-corrected chi connectivity index (χ0v) is 12.9. The lowest BCUT2D eigenvalue weighted by atomic mass is 10.3. The summed E-state index contributed by atoms with van der Waals surface area (Å²) in [6, 6.07) is 7.11. The van der Waals surface area contributed by atoms with Crippen LogP contribution >= 0.6 is 23.2 Å². The second-order valence-electron chi connectivity index (χ2n) is 4.09. The first kappa shape index (κ1) is 16.8. The molecule has 1 aromatic carbocycles. The molecule has 2 aromatic rings. The summed E-state index contributed by atoms with van der Waals surface area (Å²) in [5, 5.41) is 14.7. The summed E-state index contributed by atoms with van der Waals surface area (Å²) < 4.78 is 10.0. The molecule has 1 aromatic heterocycles. The molecule has 0 aliphatic heterocycles. The number of nitrogens with one attached hydrogen (secondary N) is 1. The molecule has 23 heavy (non-hydrogen) atoms. The van der Waals surface area contributed by atoms with E-state index in [1.54, 1.807) is 6.07 Å². The minimum Gasteiger partial charge on any atom is -0.482 e. The molecule has 8 nitrogen and oxygen atoms in total. The number of nitrogens with zero attached hydrogens (tertiary/aromatic N) is 2. The second-order valence-corrected chi connectivity index (χ2v) is 4.93. The molecule has 0 atom stereocenters. The maximum Gasteiger partial charge on any atom is 0.433 e. The van der Waals surface area contributed by atoms with Crippen molar-refractivity contribution >= 4 is 41.2 Å². The summed E-state index contributed by atoms with van der Waals surface area (Å²) in [7, 11) is 0. The van der Waals surface area contributed by atoms with Gasteiger partial charge in [0.05, 0.1) is 17.3 Å². The molecule has 0 unspecified atom stereocenters. The molecular formula is C13H9Cl2N3O5. The fraction of sp³-hybridized carbons (Fsp3) is 0.0769. The molecule has 1 N–H and O–H groups in total. The number of benzene rings is 1. The van der Waals surface area contributed by atoms with Crippen molar-refractivity contribution in [3.8, 4) is 5.75 Å². The molecule has 0 aliphatic rings. The lowest BCUT2D eigenvalue weighted by molar-refractivity contribution is -0.402. The third-order valence-corrected chi connectivity index (χ3v) is 2.96. The molecule has 0 radical (unpaired) electrons. The van der Waals surface area contributed by atoms with Crippen LogP contribution in [0, 0.1) is 10.1 Å². The van der Waals surface area contributed by atoms with E-state index < -0.39 is 16.7 Å². The summed E-state index contributed by atoms with van der Waals surface area (Å²) in [6.45, 7) is -0.322. The fourth-order valence-corrected chi connectivity index (χ4v) is 1.91. The van der Waals surface area contributed by atoms with Gasteiger partial charge in [0.25, 0.3) is 5.91 Å². The fourth-order valence-electron chi connectivity index (χ4n) is 1.45. The molecule has 2 rings (SSSR count). The second kappa shape index (κ2) is 7.61. The number of hydrazone groups is 1. The maximum atomic E-state index is 11.5. The highest BCUT2D eigenvalue weighted by molar-refractivity contribution is 6.35. The molecule has 0 fully saturated rings. The third-order valence-electron chi connectivity index (χ3n) is 2.43. The topological polar surface area (TPSA) is 107 Å². The maximum absolute atomic E-state index is 11.5. The van der Waals surface area contributed by atoms with Crippen LogP contribution in [-0.2, 0) is 4.79 Å². The number of ether oxygens (including phenoxy) is 1. The van der Waals surface area contributed by atoms with E-state index >= 15 is 0 Å². The van der Waals surface area contributed by atoms with Crippen LogP contribution < -0.4 is 10.2 Å². The van der Waals surface area contributed by atoms with E-state index in [1.807, 2.05) is 0 Å². The summed E-state index contributed by atoms with van der Waals surface area (Å²) >= 11 is 11.6. The molecular weight excluding hydrogens is 349 g/mol. The first-order valence-electron chi connectivity index (χ1n) is 6.09. The number of hydrogen-bond donors (Lipinski definition) is 1. The number of nitro groups is 1. The van der Waals surface area contributed by atoms with Crippen LogP contribution in [0.25, 0.3) is 0 Å². The molecule has 1 heterocycles. The van der Waals surface area contributed by atoms with Gasteiger partial charge in [0.15, 0.2) is 12.4 Å². The van der Waals surface area contributed by atoms with Gasteiger partial charge in [-0.15, -0.1) is 0 Å². The van der Waals surface area contributed by atoms with Gasteiger partial charge >= 0.3 is 5.88 Å². The van der Waals surface area contributed by atoms with Crippen molar-refractivity contribution in [1.29, 1.82) is 0 Å². The highest BCUT2D eigenvalue weighted by Crippen LogP contribution is 2.27. The molecule has 0 aliphatic carbocycles. The van der Waals surface area contributed by atoms with E-state index in [9.17, 15) is 14.9 Å². The predicted octanol–water partition coefficient (Wildman–Crippen LogP) is 3.02. The molecule has 0 bridgehead atoms. The Kier molecular flexibility index (Phi) is 5.56. The minimum atomic E-state index is -0.681. The molecule has 0 saturated heterocycles. The molecule has 0 saturated carbocycles. The number of amides is 1. The van der Waals surface area contributed by atoms with E-state index in [1.165, 1.54) is 24.3 Å². The Balaban J connectivity index is 1.82. The number of rotatable bonds is 6. The van der Waals surface area contributed by atoms with Crippen molar-refractivity contribution in [2.75, 3.05) is 6.61 Å². The molecule has 10 heteroatoms. The van der Waals surface area contributed by atoms with Crippen molar-refractivity contribution in [3.63, 3.8) is 0 Å². The van der Waals surface area contributed by atoms with Crippen LogP contribution in [0.3, 0.4) is 0 Å². The smallest absolute Gasteiger partial charge is 0.433 e. The first-order chi connectivity index (χ1) is 11.0. The Hall–Kier alpha value is -2.58. The highest BCUT2D eigenvalue weighted by atomic mass is 35.5. The van der Waals surface area contributed by atoms with Gasteiger partial charge in [-0.2, -0.15) is 5.10 Å². The Morgan fingerprint density at radius 3 is 2.83 bits per heavy atom. The zero-order chi connectivity index (χ0) is 16.8. The van der Waals surface area contributed by atoms with Crippen LogP contribution in [0.15, 0.2) is 39.9 Å². The standard InChI is InChI=1S/C13H9Cl2N3O5/c14-8-1-3-11(10(15)5-8)22-7-12(19)17-16-6-9-2-4-13(23-9)18(20)21/h1-6H,7H2,(H,17,19)/b16-6+. The number of carbonyl (C=O) groups is 1. The van der Waals surface area contributed by atoms with Crippen molar-refractivity contribution in [2.24, 2.45) is 5.10 Å². The first-order valence-corrected chi connectivity index (χ1v) is 6.85. The van der Waals surface area contributed by atoms with Gasteiger partial charge in [-0.25, -0.2) is 5.43 Å². The molecule has 120 valence electrons. The van der Waals surface area contributed by atoms with Gasteiger partial charge in [-0.05, 0) is 24.3 Å². The lowest BCUT2D eigenvalue weighted by Crippen LogP contribution is -2.24. The Labute approximate surface area is 139 Å². The SMILES string of the molecule is O=C(COc1ccc(Cl)cc1Cl)N/N=C/c1ccc([N+](=O)[O-])o1. The van der Waals surface area contributed by atoms with Crippen molar-refractivity contribution in [1.82, 2.24) is 5.43 Å². The Bertz CT molecular complexity index is 760. The van der Waals surface area contributed by atoms with E-state index in [0.717, 1.165) is 6.21 Å². The average molecular weight is 358 g/mol. The van der Waals surface area contributed by atoms with Crippen molar-refractivity contribution in [2.45, 2.75) is 0 Å². The van der Waals surface area contributed by atoms with Crippen LogP contribution in [0.1, 0.15) is 5.76 Å². The quantitative estimate of drug-likeness (QED) is 0.485. The number of furan rings is 1. The molecule has 0 spiro atoms. The van der Waals surface area contributed by atoms with E-state index in [4.69, 9.17) is 32.4 Å². The highest BCUT2D eigenvalue weighted by Gasteiger charge is 2.10. The Morgan fingerprint density at radius 2 is 2.17 bits per heavy atom. The summed E-state index contributed by atoms with van der Waals surface area (Å²) in [5.74, 6) is -0.540. The van der Waals surface area contributed by atoms with E-state index in [-0.39, 0.29) is 17.4 Å². The lowest BCUT2D eigenvalue weighted by Gasteiger charge is -2.06. The van der Waals surface area contributed by atoms with Gasteiger partial charge in [-0.1, -0.05) is 23.2 Å². The van der Waals surface area contributed by atoms with Crippen molar-refractivity contribution < 1.29 is 18.9 Å². The third kappa shape index (κ3) is 4.97. The Morgan fingerprint density at radius 1 is 1.39 bits per heavy atom. The average Bonchev–Trinajstić information content (AvgIpc) is 2.95. The minimum absolute atomic E-state index is 0.124. The largest absolute Gasteiger partial charge is 0.482 e. The van der Waals surface area contributed by atoms with Crippen LogP contribution in [0.4, 0.5) is 5.88 Å². The zero-order valence-electron chi connectivity index (χ0n) is 11.4. The summed E-state index contributed by atoms with van der Waals surface area (Å²) in [5.41, 5.74) is 2.18. The van der Waals surface area contributed by atoms with Gasteiger partial charge in [0, 0.05) is 5.02 Å².